The number of aryl methyl sites for hydroxylation is 1. The summed E-state index contributed by atoms with van der Waals surface area (Å²) in [5.74, 6) is -0.147. The van der Waals surface area contributed by atoms with E-state index in [0.717, 1.165) is 28.2 Å². The molecule has 6 heteroatoms. The maximum atomic E-state index is 13.1. The fraction of sp³-hybridized carbons (Fsp3) is 0.238. The highest BCUT2D eigenvalue weighted by Crippen LogP contribution is 2.29. The summed E-state index contributed by atoms with van der Waals surface area (Å²) in [6, 6.07) is 15.5. The number of hydrogen-bond acceptors (Lipinski definition) is 3. The molecule has 0 spiro atoms. The van der Waals surface area contributed by atoms with Crippen molar-refractivity contribution in [2.75, 3.05) is 24.3 Å². The Bertz CT molecular complexity index is 903. The zero-order valence-electron chi connectivity index (χ0n) is 16.0. The molecule has 2 aromatic carbocycles. The van der Waals surface area contributed by atoms with E-state index in [1.807, 2.05) is 81.4 Å². The standard InChI is InChI=1S/C21H24N4OS/c1-13-7-5-6-8-17(13)23-20(26)18-14(2)22-21(27)24-19(18)15-9-11-16(12-10-15)25(3)4/h5-12,19H,1-4H3,(H,23,26)(H2,22,24,27)/t19-/m0/s1. The summed E-state index contributed by atoms with van der Waals surface area (Å²) in [5, 5.41) is 9.84. The molecule has 1 aliphatic rings. The van der Waals surface area contributed by atoms with Gasteiger partial charge in [-0.2, -0.15) is 0 Å². The molecule has 0 saturated heterocycles. The van der Waals surface area contributed by atoms with Crippen molar-refractivity contribution in [2.45, 2.75) is 19.9 Å². The lowest BCUT2D eigenvalue weighted by Gasteiger charge is -2.30. The first-order valence-electron chi connectivity index (χ1n) is 8.79. The number of rotatable bonds is 4. The van der Waals surface area contributed by atoms with E-state index in [2.05, 4.69) is 16.0 Å². The number of nitrogens with zero attached hydrogens (tertiary/aromatic N) is 1. The minimum absolute atomic E-state index is 0.147. The van der Waals surface area contributed by atoms with Crippen LogP contribution in [0.3, 0.4) is 0 Å². The number of carbonyl (C=O) groups is 1. The van der Waals surface area contributed by atoms with E-state index >= 15 is 0 Å². The highest BCUT2D eigenvalue weighted by molar-refractivity contribution is 7.80. The molecule has 3 rings (SSSR count). The normalized spacial score (nSPS) is 16.4. The molecular formula is C21H24N4OS. The molecule has 1 atom stereocenters. The van der Waals surface area contributed by atoms with E-state index in [-0.39, 0.29) is 11.9 Å². The number of thiocarbonyl (C=S) groups is 1. The molecule has 2 aromatic rings. The monoisotopic (exact) mass is 380 g/mol. The number of nitrogens with one attached hydrogen (secondary N) is 3. The van der Waals surface area contributed by atoms with Gasteiger partial charge >= 0.3 is 0 Å². The van der Waals surface area contributed by atoms with Gasteiger partial charge in [-0.05, 0) is 55.4 Å². The van der Waals surface area contributed by atoms with Gasteiger partial charge in [-0.3, -0.25) is 4.79 Å². The first-order valence-corrected chi connectivity index (χ1v) is 9.20. The van der Waals surface area contributed by atoms with Crippen LogP contribution in [0.25, 0.3) is 0 Å². The van der Waals surface area contributed by atoms with Gasteiger partial charge in [-0.25, -0.2) is 0 Å². The van der Waals surface area contributed by atoms with Crippen molar-refractivity contribution in [3.8, 4) is 0 Å². The Labute approximate surface area is 165 Å². The Morgan fingerprint density at radius 1 is 1.07 bits per heavy atom. The van der Waals surface area contributed by atoms with Gasteiger partial charge in [0.25, 0.3) is 5.91 Å². The van der Waals surface area contributed by atoms with Gasteiger partial charge in [-0.1, -0.05) is 30.3 Å². The molecule has 1 aliphatic heterocycles. The third kappa shape index (κ3) is 4.11. The summed E-state index contributed by atoms with van der Waals surface area (Å²) in [7, 11) is 4.00. The van der Waals surface area contributed by atoms with Crippen LogP contribution >= 0.6 is 12.2 Å². The average molecular weight is 381 g/mol. The second kappa shape index (κ2) is 7.80. The number of carbonyl (C=O) groups excluding carboxylic acids is 1. The van der Waals surface area contributed by atoms with Crippen LogP contribution < -0.4 is 20.9 Å². The lowest BCUT2D eigenvalue weighted by Crippen LogP contribution is -2.45. The van der Waals surface area contributed by atoms with Gasteiger partial charge < -0.3 is 20.9 Å². The molecule has 0 radical (unpaired) electrons. The average Bonchev–Trinajstić information content (AvgIpc) is 2.63. The van der Waals surface area contributed by atoms with E-state index in [4.69, 9.17) is 12.2 Å². The van der Waals surface area contributed by atoms with Crippen LogP contribution in [0.1, 0.15) is 24.1 Å². The Morgan fingerprint density at radius 2 is 1.74 bits per heavy atom. The summed E-state index contributed by atoms with van der Waals surface area (Å²) in [6.07, 6.45) is 0. The second-order valence-electron chi connectivity index (χ2n) is 6.83. The minimum Gasteiger partial charge on any atom is -0.378 e. The number of anilines is 2. The van der Waals surface area contributed by atoms with Crippen LogP contribution in [0.4, 0.5) is 11.4 Å². The minimum atomic E-state index is -0.306. The predicted octanol–water partition coefficient (Wildman–Crippen LogP) is 3.49. The van der Waals surface area contributed by atoms with Gasteiger partial charge in [-0.15, -0.1) is 0 Å². The van der Waals surface area contributed by atoms with Gasteiger partial charge in [0.1, 0.15) is 0 Å². The number of benzene rings is 2. The van der Waals surface area contributed by atoms with Crippen molar-refractivity contribution in [1.82, 2.24) is 10.6 Å². The molecule has 0 fully saturated rings. The van der Waals surface area contributed by atoms with Crippen molar-refractivity contribution >= 4 is 34.6 Å². The van der Waals surface area contributed by atoms with Crippen LogP contribution in [0.2, 0.25) is 0 Å². The molecule has 0 saturated carbocycles. The van der Waals surface area contributed by atoms with Crippen LogP contribution in [-0.4, -0.2) is 25.1 Å². The molecule has 27 heavy (non-hydrogen) atoms. The van der Waals surface area contributed by atoms with E-state index < -0.39 is 0 Å². The Balaban J connectivity index is 1.94. The third-order valence-corrected chi connectivity index (χ3v) is 4.87. The quantitative estimate of drug-likeness (QED) is 0.709. The van der Waals surface area contributed by atoms with Crippen LogP contribution in [0, 0.1) is 6.92 Å². The maximum absolute atomic E-state index is 13.1. The zero-order chi connectivity index (χ0) is 19.6. The van der Waals surface area contributed by atoms with Gasteiger partial charge in [0, 0.05) is 31.2 Å². The molecule has 3 N–H and O–H groups in total. The topological polar surface area (TPSA) is 56.4 Å². The molecule has 1 heterocycles. The SMILES string of the molecule is CC1=C(C(=O)Nc2ccccc2C)[C@H](c2ccc(N(C)C)cc2)NC(=S)N1. The van der Waals surface area contributed by atoms with Crippen LogP contribution in [0.5, 0.6) is 0 Å². The Kier molecular flexibility index (Phi) is 5.46. The molecule has 0 aliphatic carbocycles. The van der Waals surface area contributed by atoms with Gasteiger partial charge in [0.15, 0.2) is 5.11 Å². The predicted molar refractivity (Wildman–Crippen MR) is 115 cm³/mol. The van der Waals surface area contributed by atoms with E-state index in [0.29, 0.717) is 10.7 Å². The van der Waals surface area contributed by atoms with Gasteiger partial charge in [0.05, 0.1) is 11.6 Å². The highest BCUT2D eigenvalue weighted by Gasteiger charge is 2.30. The number of para-hydroxylation sites is 1. The van der Waals surface area contributed by atoms with Gasteiger partial charge in [0.2, 0.25) is 0 Å². The molecule has 0 unspecified atom stereocenters. The highest BCUT2D eigenvalue weighted by atomic mass is 32.1. The molecule has 1 amide bonds. The summed E-state index contributed by atoms with van der Waals surface area (Å²) < 4.78 is 0. The molecular weight excluding hydrogens is 356 g/mol. The van der Waals surface area contributed by atoms with Crippen molar-refractivity contribution in [3.05, 3.63) is 70.9 Å². The van der Waals surface area contributed by atoms with Crippen molar-refractivity contribution < 1.29 is 4.79 Å². The smallest absolute Gasteiger partial charge is 0.255 e. The number of hydrogen-bond donors (Lipinski definition) is 3. The summed E-state index contributed by atoms with van der Waals surface area (Å²) in [6.45, 7) is 3.85. The van der Waals surface area contributed by atoms with Crippen molar-refractivity contribution in [1.29, 1.82) is 0 Å². The molecule has 0 bridgehead atoms. The summed E-state index contributed by atoms with van der Waals surface area (Å²) >= 11 is 5.32. The largest absolute Gasteiger partial charge is 0.378 e. The zero-order valence-corrected chi connectivity index (χ0v) is 16.8. The van der Waals surface area contributed by atoms with E-state index in [9.17, 15) is 4.79 Å². The number of allylic oxidation sites excluding steroid dienone is 1. The molecule has 5 nitrogen and oxygen atoms in total. The Hall–Kier alpha value is -2.86. The second-order valence-corrected chi connectivity index (χ2v) is 7.23. The fourth-order valence-corrected chi connectivity index (χ4v) is 3.38. The lowest BCUT2D eigenvalue weighted by atomic mass is 9.94. The first-order chi connectivity index (χ1) is 12.9. The third-order valence-electron chi connectivity index (χ3n) is 4.65. The lowest BCUT2D eigenvalue weighted by molar-refractivity contribution is -0.113. The molecule has 140 valence electrons. The summed E-state index contributed by atoms with van der Waals surface area (Å²) in [5.41, 5.74) is 5.29. The van der Waals surface area contributed by atoms with Crippen LogP contribution in [-0.2, 0) is 4.79 Å². The van der Waals surface area contributed by atoms with Crippen LogP contribution in [0.15, 0.2) is 59.8 Å². The number of amides is 1. The first kappa shape index (κ1) is 18.9. The maximum Gasteiger partial charge on any atom is 0.255 e. The van der Waals surface area contributed by atoms with Crippen molar-refractivity contribution in [2.24, 2.45) is 0 Å². The summed E-state index contributed by atoms with van der Waals surface area (Å²) in [4.78, 5) is 15.1. The van der Waals surface area contributed by atoms with Crippen molar-refractivity contribution in [3.63, 3.8) is 0 Å². The fourth-order valence-electron chi connectivity index (χ4n) is 3.11. The van der Waals surface area contributed by atoms with E-state index in [1.165, 1.54) is 0 Å². The van der Waals surface area contributed by atoms with E-state index in [1.54, 1.807) is 0 Å². The molecule has 0 aromatic heterocycles. The Morgan fingerprint density at radius 3 is 2.37 bits per heavy atom.